The average molecular weight is 805 g/mol. The number of aromatic hydroxyl groups is 2. The molecule has 0 saturated carbocycles. The Hall–Kier alpha value is -8.22. The van der Waals surface area contributed by atoms with Gasteiger partial charge in [0.2, 0.25) is 0 Å². The average Bonchev–Trinajstić information content (AvgIpc) is 3.82. The van der Waals surface area contributed by atoms with E-state index in [2.05, 4.69) is 57.7 Å². The fourth-order valence-electron chi connectivity index (χ4n) is 9.05. The fourth-order valence-corrected chi connectivity index (χ4v) is 9.05. The lowest BCUT2D eigenvalue weighted by Gasteiger charge is -2.19. The predicted octanol–water partition coefficient (Wildman–Crippen LogP) is 14.8. The van der Waals surface area contributed by atoms with Crippen LogP contribution in [0.4, 0.5) is 0 Å². The molecule has 6 nitrogen and oxygen atoms in total. The van der Waals surface area contributed by atoms with Crippen LogP contribution in [0, 0.1) is 13.8 Å². The third-order valence-electron chi connectivity index (χ3n) is 11.8. The lowest BCUT2D eigenvalue weighted by atomic mass is 9.99. The molecule has 9 aromatic carbocycles. The van der Waals surface area contributed by atoms with Gasteiger partial charge in [-0.1, -0.05) is 121 Å². The van der Waals surface area contributed by atoms with E-state index in [1.807, 2.05) is 159 Å². The highest BCUT2D eigenvalue weighted by molar-refractivity contribution is 6.10. The molecule has 0 aliphatic heterocycles. The van der Waals surface area contributed by atoms with Crippen LogP contribution in [0.2, 0.25) is 0 Å². The molecule has 0 fully saturated rings. The number of phenols is 2. The molecule has 0 amide bonds. The van der Waals surface area contributed by atoms with E-state index in [0.717, 1.165) is 65.9 Å². The van der Waals surface area contributed by atoms with Crippen molar-refractivity contribution in [1.29, 1.82) is 0 Å². The SMILES string of the molecule is Cc1cc(-c2ccccc2Oc2ccccc2Oc2ccccc2-c2cc(C)cc(-n3c4ccccc4c4ccccc43)c2O)c(O)c(-n2c3ccccc3c3ccccc32)c1. The summed E-state index contributed by atoms with van der Waals surface area (Å²) in [4.78, 5) is 0. The van der Waals surface area contributed by atoms with Crippen LogP contribution in [-0.2, 0) is 0 Å². The van der Waals surface area contributed by atoms with Crippen LogP contribution in [0.5, 0.6) is 34.5 Å². The summed E-state index contributed by atoms with van der Waals surface area (Å²) in [6, 6.07) is 64.2. The van der Waals surface area contributed by atoms with Gasteiger partial charge in [0.1, 0.15) is 23.0 Å². The molecule has 0 spiro atoms. The van der Waals surface area contributed by atoms with E-state index >= 15 is 0 Å². The van der Waals surface area contributed by atoms with Crippen LogP contribution in [0.25, 0.3) is 77.2 Å². The molecule has 62 heavy (non-hydrogen) atoms. The Kier molecular flexibility index (Phi) is 8.79. The number of benzene rings is 9. The first-order valence-electron chi connectivity index (χ1n) is 20.7. The maximum atomic E-state index is 12.2. The summed E-state index contributed by atoms with van der Waals surface area (Å²) in [5, 5.41) is 29.0. The molecule has 0 unspecified atom stereocenters. The van der Waals surface area contributed by atoms with Crippen LogP contribution in [0.1, 0.15) is 11.1 Å². The number of phenolic OH excluding ortho intramolecular Hbond substituents is 2. The minimum Gasteiger partial charge on any atom is -0.505 e. The van der Waals surface area contributed by atoms with Crippen LogP contribution >= 0.6 is 0 Å². The number of hydrogen-bond acceptors (Lipinski definition) is 4. The van der Waals surface area contributed by atoms with Gasteiger partial charge in [-0.3, -0.25) is 0 Å². The van der Waals surface area contributed by atoms with Crippen molar-refractivity contribution in [3.8, 4) is 68.1 Å². The van der Waals surface area contributed by atoms with Crippen molar-refractivity contribution in [2.75, 3.05) is 0 Å². The van der Waals surface area contributed by atoms with Crippen molar-refractivity contribution >= 4 is 43.6 Å². The Morgan fingerprint density at radius 3 is 0.968 bits per heavy atom. The molecule has 0 bridgehead atoms. The van der Waals surface area contributed by atoms with Gasteiger partial charge >= 0.3 is 0 Å². The molecule has 6 heteroatoms. The molecule has 11 aromatic rings. The van der Waals surface area contributed by atoms with E-state index in [1.54, 1.807) is 0 Å². The van der Waals surface area contributed by atoms with E-state index in [4.69, 9.17) is 9.47 Å². The van der Waals surface area contributed by atoms with Crippen LogP contribution < -0.4 is 9.47 Å². The first-order valence-corrected chi connectivity index (χ1v) is 20.7. The summed E-state index contributed by atoms with van der Waals surface area (Å²) in [5.41, 5.74) is 10.2. The summed E-state index contributed by atoms with van der Waals surface area (Å²) in [6.07, 6.45) is 0. The zero-order valence-corrected chi connectivity index (χ0v) is 34.1. The van der Waals surface area contributed by atoms with E-state index in [1.165, 1.54) is 0 Å². The molecule has 0 atom stereocenters. The Morgan fingerprint density at radius 2 is 0.613 bits per heavy atom. The molecule has 298 valence electrons. The van der Waals surface area contributed by atoms with Crippen LogP contribution in [-0.4, -0.2) is 19.3 Å². The second-order valence-electron chi connectivity index (χ2n) is 15.7. The summed E-state index contributed by atoms with van der Waals surface area (Å²) < 4.78 is 17.8. The Morgan fingerprint density at radius 1 is 0.323 bits per heavy atom. The number of aryl methyl sites for hydroxylation is 2. The van der Waals surface area contributed by atoms with Gasteiger partial charge in [0.05, 0.1) is 33.4 Å². The normalized spacial score (nSPS) is 11.5. The molecule has 0 radical (unpaired) electrons. The predicted molar refractivity (Wildman–Crippen MR) is 252 cm³/mol. The highest BCUT2D eigenvalue weighted by Crippen LogP contribution is 2.47. The highest BCUT2D eigenvalue weighted by Gasteiger charge is 2.23. The van der Waals surface area contributed by atoms with Gasteiger partial charge in [-0.2, -0.15) is 0 Å². The Bertz CT molecular complexity index is 3200. The largest absolute Gasteiger partial charge is 0.505 e. The number of rotatable bonds is 8. The number of aromatic nitrogens is 2. The van der Waals surface area contributed by atoms with E-state index in [9.17, 15) is 10.2 Å². The lowest BCUT2D eigenvalue weighted by Crippen LogP contribution is -1.98. The molecule has 2 aromatic heterocycles. The van der Waals surface area contributed by atoms with Crippen molar-refractivity contribution in [3.05, 3.63) is 205 Å². The summed E-state index contributed by atoms with van der Waals surface area (Å²) >= 11 is 0. The smallest absolute Gasteiger partial charge is 0.169 e. The van der Waals surface area contributed by atoms with E-state index < -0.39 is 0 Å². The van der Waals surface area contributed by atoms with Gasteiger partial charge in [-0.15, -0.1) is 0 Å². The van der Waals surface area contributed by atoms with Gasteiger partial charge in [0, 0.05) is 43.8 Å². The van der Waals surface area contributed by atoms with E-state index in [0.29, 0.717) is 45.5 Å². The van der Waals surface area contributed by atoms with Crippen molar-refractivity contribution in [2.45, 2.75) is 13.8 Å². The first kappa shape index (κ1) is 36.8. The summed E-state index contributed by atoms with van der Waals surface area (Å²) in [5.74, 6) is 2.38. The zero-order valence-electron chi connectivity index (χ0n) is 34.1. The number of hydrogen-bond donors (Lipinski definition) is 2. The quantitative estimate of drug-likeness (QED) is 0.160. The van der Waals surface area contributed by atoms with E-state index in [-0.39, 0.29) is 11.5 Å². The number of nitrogens with zero attached hydrogens (tertiary/aromatic N) is 2. The third kappa shape index (κ3) is 6.03. The molecule has 0 saturated heterocycles. The first-order chi connectivity index (χ1) is 30.4. The Balaban J connectivity index is 0.980. The minimum atomic E-state index is 0.148. The fraction of sp³-hybridized carbons (Fsp3) is 0.0357. The topological polar surface area (TPSA) is 68.8 Å². The Labute approximate surface area is 358 Å². The van der Waals surface area contributed by atoms with Gasteiger partial charge in [-0.05, 0) is 97.8 Å². The summed E-state index contributed by atoms with van der Waals surface area (Å²) in [7, 11) is 0. The number of para-hydroxylation sites is 8. The van der Waals surface area contributed by atoms with Crippen LogP contribution in [0.15, 0.2) is 194 Å². The van der Waals surface area contributed by atoms with Gasteiger partial charge in [0.25, 0.3) is 0 Å². The van der Waals surface area contributed by atoms with Crippen molar-refractivity contribution < 1.29 is 19.7 Å². The molecule has 11 rings (SSSR count). The zero-order chi connectivity index (χ0) is 41.9. The van der Waals surface area contributed by atoms with Gasteiger partial charge in [-0.25, -0.2) is 0 Å². The molecule has 0 aliphatic rings. The van der Waals surface area contributed by atoms with Crippen molar-refractivity contribution in [1.82, 2.24) is 9.13 Å². The molecule has 2 N–H and O–H groups in total. The number of ether oxygens (including phenoxy) is 2. The maximum Gasteiger partial charge on any atom is 0.169 e. The van der Waals surface area contributed by atoms with Crippen molar-refractivity contribution in [3.63, 3.8) is 0 Å². The second-order valence-corrected chi connectivity index (χ2v) is 15.7. The number of fused-ring (bicyclic) bond motifs is 6. The molecular formula is C56H40N2O4. The second kappa shape index (κ2) is 14.8. The lowest BCUT2D eigenvalue weighted by molar-refractivity contribution is 0.419. The molecule has 0 aliphatic carbocycles. The summed E-state index contributed by atoms with van der Waals surface area (Å²) in [6.45, 7) is 4.09. The third-order valence-corrected chi connectivity index (χ3v) is 11.8. The highest BCUT2D eigenvalue weighted by atomic mass is 16.5. The monoisotopic (exact) mass is 804 g/mol. The minimum absolute atomic E-state index is 0.148. The maximum absolute atomic E-state index is 12.2. The molecular weight excluding hydrogens is 765 g/mol. The van der Waals surface area contributed by atoms with Crippen molar-refractivity contribution in [2.24, 2.45) is 0 Å². The molecule has 2 heterocycles. The van der Waals surface area contributed by atoms with Crippen LogP contribution in [0.3, 0.4) is 0 Å². The standard InChI is InChI=1S/C56H40N2O4/c1-35-31-43(55(59)49(33-35)57-45-23-9-3-17-37(45)38-18-4-10-24-46(38)57)41-21-7-13-27-51(41)61-53-29-15-16-30-54(53)62-52-28-14-8-22-42(52)44-32-36(2)34-50(56(44)60)58-47-25-11-5-19-39(47)40-20-6-12-26-48(40)58/h3-34,59-60H,1-2H3. The van der Waals surface area contributed by atoms with Gasteiger partial charge < -0.3 is 28.8 Å². The van der Waals surface area contributed by atoms with Gasteiger partial charge in [0.15, 0.2) is 11.5 Å².